The van der Waals surface area contributed by atoms with Crippen LogP contribution in [0, 0.1) is 13.8 Å². The molecule has 0 aliphatic carbocycles. The van der Waals surface area contributed by atoms with E-state index in [4.69, 9.17) is 34.0 Å². The van der Waals surface area contributed by atoms with Crippen LogP contribution in [0.15, 0.2) is 109 Å². The van der Waals surface area contributed by atoms with E-state index in [0.717, 1.165) is 32.6 Å². The van der Waals surface area contributed by atoms with Gasteiger partial charge in [-0.1, -0.05) is 71.7 Å². The van der Waals surface area contributed by atoms with Crippen LogP contribution in [0.5, 0.6) is 11.5 Å². The highest BCUT2D eigenvalue weighted by Gasteiger charge is 2.16. The molecule has 228 valence electrons. The highest BCUT2D eigenvalue weighted by molar-refractivity contribution is 6.31. The number of carboxylic acid groups (broad SMARTS) is 1. The SMILES string of the molecule is Cc1cc(C(=O)Nc2ccc(Cl)cc2)c(O)c2ccccc12.Cc1cc(C(=O)O)c(O)c2ccccc12.Nc1ccc(Cl)cc1. The van der Waals surface area contributed by atoms with E-state index in [-0.39, 0.29) is 28.5 Å². The molecule has 0 spiro atoms. The first-order valence-electron chi connectivity index (χ1n) is 13.7. The minimum Gasteiger partial charge on any atom is -0.506 e. The van der Waals surface area contributed by atoms with Crippen molar-refractivity contribution in [1.82, 2.24) is 0 Å². The monoisotopic (exact) mass is 640 g/mol. The lowest BCUT2D eigenvalue weighted by atomic mass is 10.00. The molecule has 0 saturated carbocycles. The third kappa shape index (κ3) is 8.03. The number of anilines is 2. The Labute approximate surface area is 270 Å². The molecule has 0 unspecified atom stereocenters. The third-order valence-electron chi connectivity index (χ3n) is 6.89. The first-order valence-corrected chi connectivity index (χ1v) is 14.5. The molecule has 0 aliphatic heterocycles. The summed E-state index contributed by atoms with van der Waals surface area (Å²) in [4.78, 5) is 23.3. The summed E-state index contributed by atoms with van der Waals surface area (Å²) in [6.07, 6.45) is 0. The number of nitrogens with one attached hydrogen (secondary N) is 1. The van der Waals surface area contributed by atoms with E-state index in [1.54, 1.807) is 72.8 Å². The van der Waals surface area contributed by atoms with Gasteiger partial charge in [0.15, 0.2) is 0 Å². The number of halogens is 2. The van der Waals surface area contributed by atoms with Crippen molar-refractivity contribution < 1.29 is 24.9 Å². The third-order valence-corrected chi connectivity index (χ3v) is 7.40. The van der Waals surface area contributed by atoms with E-state index in [0.29, 0.717) is 21.5 Å². The van der Waals surface area contributed by atoms with Crippen LogP contribution in [0.25, 0.3) is 21.5 Å². The van der Waals surface area contributed by atoms with Gasteiger partial charge in [-0.05, 0) is 96.4 Å². The summed E-state index contributed by atoms with van der Waals surface area (Å²) in [5, 5.41) is 36.2. The summed E-state index contributed by atoms with van der Waals surface area (Å²) in [6.45, 7) is 3.75. The second-order valence-corrected chi connectivity index (χ2v) is 11.0. The zero-order valence-corrected chi connectivity index (χ0v) is 25.9. The highest BCUT2D eigenvalue weighted by Crippen LogP contribution is 2.32. The lowest BCUT2D eigenvalue weighted by molar-refractivity contribution is 0.0693. The standard InChI is InChI=1S/C18H14ClNO2.C12H10O3.C6H6ClN/c1-11-10-16(17(21)15-5-3-2-4-14(11)15)18(22)20-13-8-6-12(19)7-9-13;1-7-6-10(12(14)15)11(13)9-5-3-2-4-8(7)9;7-5-1-3-6(8)4-2-5/h2-10,21H,1H3,(H,20,22);2-6,13H,1H3,(H,14,15);1-4H,8H2. The van der Waals surface area contributed by atoms with Gasteiger partial charge in [0, 0.05) is 32.2 Å². The summed E-state index contributed by atoms with van der Waals surface area (Å²) < 4.78 is 0. The summed E-state index contributed by atoms with van der Waals surface area (Å²) in [5.41, 5.74) is 8.73. The van der Waals surface area contributed by atoms with Crippen molar-refractivity contribution in [2.75, 3.05) is 11.1 Å². The fourth-order valence-corrected chi connectivity index (χ4v) is 4.86. The molecule has 0 heterocycles. The van der Waals surface area contributed by atoms with Crippen molar-refractivity contribution in [3.05, 3.63) is 141 Å². The predicted molar refractivity (Wildman–Crippen MR) is 183 cm³/mol. The van der Waals surface area contributed by atoms with Crippen LogP contribution in [0.4, 0.5) is 11.4 Å². The highest BCUT2D eigenvalue weighted by atomic mass is 35.5. The second kappa shape index (κ2) is 14.5. The molecular formula is C36H30Cl2N2O5. The number of amides is 1. The Morgan fingerprint density at radius 3 is 1.47 bits per heavy atom. The maximum absolute atomic E-state index is 12.4. The molecule has 6 aromatic rings. The van der Waals surface area contributed by atoms with E-state index in [1.165, 1.54) is 6.07 Å². The molecule has 0 saturated heterocycles. The molecule has 0 aromatic heterocycles. The van der Waals surface area contributed by atoms with E-state index in [2.05, 4.69) is 5.32 Å². The van der Waals surface area contributed by atoms with E-state index < -0.39 is 5.97 Å². The molecule has 6 rings (SSSR count). The van der Waals surface area contributed by atoms with Gasteiger partial charge in [-0.3, -0.25) is 4.79 Å². The number of carboxylic acids is 1. The van der Waals surface area contributed by atoms with Gasteiger partial charge in [-0.2, -0.15) is 0 Å². The first-order chi connectivity index (χ1) is 21.5. The van der Waals surface area contributed by atoms with Crippen molar-refractivity contribution in [2.45, 2.75) is 13.8 Å². The molecule has 6 N–H and O–H groups in total. The zero-order valence-electron chi connectivity index (χ0n) is 24.4. The lowest BCUT2D eigenvalue weighted by Crippen LogP contribution is -2.12. The largest absolute Gasteiger partial charge is 0.506 e. The second-order valence-electron chi connectivity index (χ2n) is 10.1. The number of hydrogen-bond acceptors (Lipinski definition) is 5. The Morgan fingerprint density at radius 2 is 1.02 bits per heavy atom. The summed E-state index contributed by atoms with van der Waals surface area (Å²) in [6, 6.07) is 31.7. The van der Waals surface area contributed by atoms with E-state index in [1.807, 2.05) is 44.2 Å². The van der Waals surface area contributed by atoms with Gasteiger partial charge in [0.1, 0.15) is 17.1 Å². The zero-order chi connectivity index (χ0) is 32.7. The lowest BCUT2D eigenvalue weighted by Gasteiger charge is -2.11. The number of nitrogens with two attached hydrogens (primary N) is 1. The summed E-state index contributed by atoms with van der Waals surface area (Å²) in [7, 11) is 0. The van der Waals surface area contributed by atoms with Crippen LogP contribution in [0.2, 0.25) is 10.0 Å². The number of aryl methyl sites for hydroxylation is 2. The topological polar surface area (TPSA) is 133 Å². The molecule has 1 amide bonds. The number of benzene rings is 6. The van der Waals surface area contributed by atoms with Gasteiger partial charge in [-0.25, -0.2) is 4.79 Å². The van der Waals surface area contributed by atoms with Crippen LogP contribution >= 0.6 is 23.2 Å². The number of fused-ring (bicyclic) bond motifs is 2. The molecule has 0 bridgehead atoms. The quantitative estimate of drug-likeness (QED) is 0.122. The Hall–Kier alpha value is -5.24. The molecule has 6 aromatic carbocycles. The Morgan fingerprint density at radius 1 is 0.622 bits per heavy atom. The van der Waals surface area contributed by atoms with E-state index in [9.17, 15) is 19.8 Å². The fourth-order valence-electron chi connectivity index (χ4n) is 4.61. The molecule has 0 aliphatic rings. The van der Waals surface area contributed by atoms with Crippen LogP contribution in [0.1, 0.15) is 31.8 Å². The predicted octanol–water partition coefficient (Wildman–Crippen LogP) is 9.23. The number of rotatable bonds is 3. The average Bonchev–Trinajstić information content (AvgIpc) is 3.04. The van der Waals surface area contributed by atoms with Crippen LogP contribution in [-0.4, -0.2) is 27.2 Å². The average molecular weight is 642 g/mol. The van der Waals surface area contributed by atoms with Gasteiger partial charge in [-0.15, -0.1) is 0 Å². The number of carbonyl (C=O) groups is 2. The molecule has 0 radical (unpaired) electrons. The van der Waals surface area contributed by atoms with Gasteiger partial charge in [0.25, 0.3) is 5.91 Å². The Bertz CT molecular complexity index is 1970. The Balaban J connectivity index is 0.000000172. The van der Waals surface area contributed by atoms with Gasteiger partial charge in [0.05, 0.1) is 5.56 Å². The minimum absolute atomic E-state index is 0.00679. The maximum Gasteiger partial charge on any atom is 0.339 e. The van der Waals surface area contributed by atoms with E-state index >= 15 is 0 Å². The van der Waals surface area contributed by atoms with Crippen LogP contribution < -0.4 is 11.1 Å². The maximum atomic E-state index is 12.4. The molecule has 0 fully saturated rings. The van der Waals surface area contributed by atoms with Gasteiger partial charge >= 0.3 is 5.97 Å². The number of carbonyl (C=O) groups excluding carboxylic acids is 1. The number of phenolic OH excluding ortho intramolecular Hbond substituents is 1. The fraction of sp³-hybridized carbons (Fsp3) is 0.0556. The van der Waals surface area contributed by atoms with Gasteiger partial charge < -0.3 is 26.4 Å². The number of aromatic carboxylic acids is 1. The molecule has 7 nitrogen and oxygen atoms in total. The number of phenols is 2. The first kappa shape index (κ1) is 32.7. The summed E-state index contributed by atoms with van der Waals surface area (Å²) >= 11 is 11.4. The van der Waals surface area contributed by atoms with Crippen molar-refractivity contribution in [3.8, 4) is 11.5 Å². The molecule has 0 atom stereocenters. The van der Waals surface area contributed by atoms with Crippen molar-refractivity contribution >= 4 is 68.0 Å². The Kier molecular flexibility index (Phi) is 10.5. The van der Waals surface area contributed by atoms with Gasteiger partial charge in [0.2, 0.25) is 0 Å². The summed E-state index contributed by atoms with van der Waals surface area (Å²) in [5.74, 6) is -1.63. The normalized spacial score (nSPS) is 10.3. The number of hydrogen-bond donors (Lipinski definition) is 5. The van der Waals surface area contributed by atoms with Crippen LogP contribution in [0.3, 0.4) is 0 Å². The molecular weight excluding hydrogens is 611 g/mol. The van der Waals surface area contributed by atoms with Crippen molar-refractivity contribution in [2.24, 2.45) is 0 Å². The smallest absolute Gasteiger partial charge is 0.339 e. The van der Waals surface area contributed by atoms with Crippen molar-refractivity contribution in [3.63, 3.8) is 0 Å². The van der Waals surface area contributed by atoms with Crippen molar-refractivity contribution in [1.29, 1.82) is 0 Å². The number of nitrogen functional groups attached to an aromatic ring is 1. The minimum atomic E-state index is -1.11. The molecule has 9 heteroatoms. The number of aromatic hydroxyl groups is 2. The molecule has 45 heavy (non-hydrogen) atoms. The van der Waals surface area contributed by atoms with Crippen LogP contribution in [-0.2, 0) is 0 Å².